The summed E-state index contributed by atoms with van der Waals surface area (Å²) in [5.74, 6) is -0.679. The smallest absolute Gasteiger partial charge is 0.303 e. The highest BCUT2D eigenvalue weighted by molar-refractivity contribution is 9.13. The van der Waals surface area contributed by atoms with Gasteiger partial charge in [-0.05, 0) is 25.7 Å². The van der Waals surface area contributed by atoms with E-state index in [9.17, 15) is 4.79 Å². The molecule has 6 heteroatoms. The quantitative estimate of drug-likeness (QED) is 0.145. The van der Waals surface area contributed by atoms with Crippen molar-refractivity contribution in [3.63, 3.8) is 0 Å². The van der Waals surface area contributed by atoms with Crippen molar-refractivity contribution < 1.29 is 9.90 Å². The summed E-state index contributed by atoms with van der Waals surface area (Å²) in [6.45, 7) is 2.24. The largest absolute Gasteiger partial charge is 0.481 e. The molecule has 1 N–H and O–H groups in total. The summed E-state index contributed by atoms with van der Waals surface area (Å²) >= 11 is 15.3. The molecule has 0 amide bonds. The Morgan fingerprint density at radius 3 is 1.71 bits per heavy atom. The SMILES string of the molecule is CCCCC[C@H](Br)[C@@H](Br)C[C@H](Br)[C@H](Br)CCCCCCCC(=O)O. The average Bonchev–Trinajstić information content (AvgIpc) is 2.53. The molecule has 0 radical (unpaired) electrons. The third-order valence-corrected chi connectivity index (χ3v) is 9.82. The molecule has 0 fully saturated rings. The van der Waals surface area contributed by atoms with Crippen LogP contribution in [0.1, 0.15) is 84.0 Å². The summed E-state index contributed by atoms with van der Waals surface area (Å²) in [7, 11) is 0. The Labute approximate surface area is 181 Å². The molecule has 0 saturated heterocycles. The van der Waals surface area contributed by atoms with Crippen molar-refractivity contribution in [3.05, 3.63) is 0 Å². The Kier molecular flexibility index (Phi) is 17.5. The highest BCUT2D eigenvalue weighted by Crippen LogP contribution is 2.31. The second-order valence-corrected chi connectivity index (χ2v) is 11.2. The van der Waals surface area contributed by atoms with Gasteiger partial charge in [0.05, 0.1) is 0 Å². The van der Waals surface area contributed by atoms with Crippen LogP contribution in [0, 0.1) is 0 Å². The van der Waals surface area contributed by atoms with E-state index >= 15 is 0 Å². The van der Waals surface area contributed by atoms with E-state index in [1.807, 2.05) is 0 Å². The summed E-state index contributed by atoms with van der Waals surface area (Å²) in [6.07, 6.45) is 13.1. The monoisotopic (exact) mass is 596 g/mol. The van der Waals surface area contributed by atoms with Gasteiger partial charge < -0.3 is 5.11 Å². The van der Waals surface area contributed by atoms with Crippen LogP contribution in [-0.2, 0) is 4.79 Å². The van der Waals surface area contributed by atoms with Crippen LogP contribution in [-0.4, -0.2) is 30.4 Å². The summed E-state index contributed by atoms with van der Waals surface area (Å²) in [6, 6.07) is 0. The van der Waals surface area contributed by atoms with Crippen molar-refractivity contribution in [2.45, 2.75) is 103 Å². The molecule has 0 spiro atoms. The van der Waals surface area contributed by atoms with Crippen LogP contribution in [0.2, 0.25) is 0 Å². The van der Waals surface area contributed by atoms with Crippen molar-refractivity contribution in [1.29, 1.82) is 0 Å². The molecule has 2 nitrogen and oxygen atoms in total. The minimum absolute atomic E-state index is 0.309. The summed E-state index contributed by atoms with van der Waals surface area (Å²) in [5.41, 5.74) is 0. The molecule has 0 aromatic rings. The Bertz CT molecular complexity index is 315. The molecule has 0 rings (SSSR count). The van der Waals surface area contributed by atoms with E-state index in [1.165, 1.54) is 38.5 Å². The van der Waals surface area contributed by atoms with Gasteiger partial charge in [0.2, 0.25) is 0 Å². The summed E-state index contributed by atoms with van der Waals surface area (Å²) in [5, 5.41) is 8.60. The molecule has 4 atom stereocenters. The van der Waals surface area contributed by atoms with Crippen molar-refractivity contribution >= 4 is 69.7 Å². The first-order chi connectivity index (χ1) is 11.4. The van der Waals surface area contributed by atoms with Gasteiger partial charge in [-0.15, -0.1) is 0 Å². The molecule has 24 heavy (non-hydrogen) atoms. The van der Waals surface area contributed by atoms with Gasteiger partial charge in [-0.25, -0.2) is 0 Å². The van der Waals surface area contributed by atoms with Gasteiger partial charge in [-0.2, -0.15) is 0 Å². The van der Waals surface area contributed by atoms with Crippen molar-refractivity contribution in [2.75, 3.05) is 0 Å². The van der Waals surface area contributed by atoms with E-state index in [0.717, 1.165) is 32.1 Å². The van der Waals surface area contributed by atoms with Crippen LogP contribution in [0.4, 0.5) is 0 Å². The van der Waals surface area contributed by atoms with E-state index in [0.29, 0.717) is 25.7 Å². The average molecular weight is 600 g/mol. The number of unbranched alkanes of at least 4 members (excludes halogenated alkanes) is 6. The Morgan fingerprint density at radius 1 is 0.750 bits per heavy atom. The maximum Gasteiger partial charge on any atom is 0.303 e. The lowest BCUT2D eigenvalue weighted by molar-refractivity contribution is -0.137. The zero-order valence-corrected chi connectivity index (χ0v) is 21.0. The fraction of sp³-hybridized carbons (Fsp3) is 0.944. The molecule has 0 aromatic heterocycles. The maximum absolute atomic E-state index is 10.4. The van der Waals surface area contributed by atoms with Gasteiger partial charge >= 0.3 is 5.97 Å². The first-order valence-corrected chi connectivity index (χ1v) is 12.8. The van der Waals surface area contributed by atoms with Crippen molar-refractivity contribution in [1.82, 2.24) is 0 Å². The lowest BCUT2D eigenvalue weighted by atomic mass is 10.0. The molecule has 0 bridgehead atoms. The van der Waals surface area contributed by atoms with Crippen LogP contribution in [0.25, 0.3) is 0 Å². The molecular formula is C18H32Br4O2. The fourth-order valence-electron chi connectivity index (χ4n) is 2.61. The molecule has 0 aliphatic carbocycles. The Hall–Kier alpha value is 1.39. The molecule has 0 unspecified atom stereocenters. The van der Waals surface area contributed by atoms with E-state index in [-0.39, 0.29) is 0 Å². The molecule has 0 aliphatic rings. The van der Waals surface area contributed by atoms with Gasteiger partial charge in [0.1, 0.15) is 0 Å². The number of carbonyl (C=O) groups is 1. The second kappa shape index (κ2) is 16.6. The predicted molar refractivity (Wildman–Crippen MR) is 120 cm³/mol. The zero-order valence-electron chi connectivity index (χ0n) is 14.7. The van der Waals surface area contributed by atoms with Crippen LogP contribution in [0.3, 0.4) is 0 Å². The number of hydrogen-bond donors (Lipinski definition) is 1. The highest BCUT2D eigenvalue weighted by Gasteiger charge is 2.23. The second-order valence-electron chi connectivity index (χ2n) is 6.50. The van der Waals surface area contributed by atoms with E-state index < -0.39 is 5.97 Å². The number of rotatable bonds is 16. The number of carboxylic acid groups (broad SMARTS) is 1. The predicted octanol–water partition coefficient (Wildman–Crippen LogP) is 7.83. The first kappa shape index (κ1) is 25.4. The van der Waals surface area contributed by atoms with Gasteiger partial charge in [0, 0.05) is 25.7 Å². The number of halogens is 4. The summed E-state index contributed by atoms with van der Waals surface area (Å²) in [4.78, 5) is 12.4. The highest BCUT2D eigenvalue weighted by atomic mass is 79.9. The number of aliphatic carboxylic acids is 1. The molecule has 144 valence electrons. The minimum atomic E-state index is -0.679. The van der Waals surface area contributed by atoms with Crippen LogP contribution in [0.5, 0.6) is 0 Å². The van der Waals surface area contributed by atoms with E-state index in [4.69, 9.17) is 5.11 Å². The lowest BCUT2D eigenvalue weighted by Gasteiger charge is -2.23. The standard InChI is InChI=1S/C18H32Br4O2/c1-2-3-7-10-14(19)16(21)13-17(22)15(20)11-8-5-4-6-9-12-18(23)24/h14-17H,2-13H2,1H3,(H,23,24)/t14-,15+,16-,17-/m0/s1. The summed E-state index contributed by atoms with van der Waals surface area (Å²) < 4.78 is 0. The van der Waals surface area contributed by atoms with Crippen LogP contribution >= 0.6 is 63.7 Å². The van der Waals surface area contributed by atoms with Crippen molar-refractivity contribution in [3.8, 4) is 0 Å². The fourth-order valence-corrected chi connectivity index (χ4v) is 5.52. The van der Waals surface area contributed by atoms with Crippen LogP contribution in [0.15, 0.2) is 0 Å². The maximum atomic E-state index is 10.4. The first-order valence-electron chi connectivity index (χ1n) is 9.16. The Balaban J connectivity index is 3.74. The molecular weight excluding hydrogens is 568 g/mol. The van der Waals surface area contributed by atoms with Gasteiger partial charge in [0.15, 0.2) is 0 Å². The van der Waals surface area contributed by atoms with Crippen LogP contribution < -0.4 is 0 Å². The normalized spacial score (nSPS) is 16.5. The molecule has 0 aromatic carbocycles. The van der Waals surface area contributed by atoms with Gasteiger partial charge in [-0.3, -0.25) is 4.79 Å². The number of hydrogen-bond acceptors (Lipinski definition) is 1. The zero-order chi connectivity index (χ0) is 18.4. The van der Waals surface area contributed by atoms with E-state index in [1.54, 1.807) is 0 Å². The van der Waals surface area contributed by atoms with Gasteiger partial charge in [-0.1, -0.05) is 116 Å². The number of carboxylic acids is 1. The van der Waals surface area contributed by atoms with Crippen molar-refractivity contribution in [2.24, 2.45) is 0 Å². The topological polar surface area (TPSA) is 37.3 Å². The lowest BCUT2D eigenvalue weighted by Crippen LogP contribution is -2.23. The third kappa shape index (κ3) is 14.5. The van der Waals surface area contributed by atoms with Gasteiger partial charge in [0.25, 0.3) is 0 Å². The minimum Gasteiger partial charge on any atom is -0.481 e. The van der Waals surface area contributed by atoms with E-state index in [2.05, 4.69) is 70.6 Å². The third-order valence-electron chi connectivity index (χ3n) is 4.19. The number of alkyl halides is 4. The Morgan fingerprint density at radius 2 is 1.21 bits per heavy atom. The molecule has 0 aliphatic heterocycles. The molecule has 0 heterocycles. The molecule has 0 saturated carbocycles.